The van der Waals surface area contributed by atoms with Crippen LogP contribution in [0.15, 0.2) is 76.0 Å². The molecule has 1 aliphatic rings. The van der Waals surface area contributed by atoms with Gasteiger partial charge in [-0.25, -0.2) is 4.79 Å². The van der Waals surface area contributed by atoms with Gasteiger partial charge in [0.25, 0.3) is 0 Å². The lowest BCUT2D eigenvalue weighted by atomic mass is 9.98. The SMILES string of the molecule is Cc1cc(C(C)Nc2ccccc2C(=O)O)c2oc(-c3ccc(C4=CCP(C)N4)cc3)c(C)c(=O)c2c1. The Bertz CT molecular complexity index is 1600. The number of carboxylic acid groups (broad SMARTS) is 1. The van der Waals surface area contributed by atoms with E-state index in [1.54, 1.807) is 31.2 Å². The zero-order chi connectivity index (χ0) is 26.3. The molecule has 0 saturated carbocycles. The van der Waals surface area contributed by atoms with Crippen molar-refractivity contribution >= 4 is 36.4 Å². The summed E-state index contributed by atoms with van der Waals surface area (Å²) in [5.74, 6) is -0.463. The van der Waals surface area contributed by atoms with Crippen molar-refractivity contribution < 1.29 is 14.3 Å². The van der Waals surface area contributed by atoms with Crippen molar-refractivity contribution in [1.29, 1.82) is 0 Å². The number of aromatic carboxylic acids is 1. The minimum absolute atomic E-state index is 0.0693. The number of benzene rings is 3. The molecule has 7 heteroatoms. The summed E-state index contributed by atoms with van der Waals surface area (Å²) in [6.45, 7) is 7.89. The zero-order valence-corrected chi connectivity index (χ0v) is 22.1. The van der Waals surface area contributed by atoms with Crippen LogP contribution < -0.4 is 15.8 Å². The van der Waals surface area contributed by atoms with E-state index in [0.717, 1.165) is 34.1 Å². The lowest BCUT2D eigenvalue weighted by Gasteiger charge is -2.20. The monoisotopic (exact) mass is 512 g/mol. The van der Waals surface area contributed by atoms with Crippen molar-refractivity contribution in [2.45, 2.75) is 26.8 Å². The van der Waals surface area contributed by atoms with E-state index in [-0.39, 0.29) is 25.1 Å². The molecule has 2 heterocycles. The van der Waals surface area contributed by atoms with E-state index in [2.05, 4.69) is 35.3 Å². The Kier molecular flexibility index (Phi) is 6.61. The number of hydrogen-bond donors (Lipinski definition) is 3. The maximum absolute atomic E-state index is 13.5. The molecule has 5 rings (SSSR count). The van der Waals surface area contributed by atoms with Crippen LogP contribution in [0.5, 0.6) is 0 Å². The van der Waals surface area contributed by atoms with Gasteiger partial charge in [-0.2, -0.15) is 0 Å². The minimum atomic E-state index is -1.00. The number of hydrogen-bond acceptors (Lipinski definition) is 5. The summed E-state index contributed by atoms with van der Waals surface area (Å²) in [5.41, 5.74) is 6.51. The molecule has 0 amide bonds. The van der Waals surface area contributed by atoms with Crippen LogP contribution in [0.25, 0.3) is 28.0 Å². The number of carbonyl (C=O) groups is 1. The number of fused-ring (bicyclic) bond motifs is 1. The first-order chi connectivity index (χ1) is 17.7. The number of rotatable bonds is 6. The molecule has 37 heavy (non-hydrogen) atoms. The van der Waals surface area contributed by atoms with Crippen LogP contribution in [0.2, 0.25) is 0 Å². The van der Waals surface area contributed by atoms with Crippen LogP contribution in [0.4, 0.5) is 5.69 Å². The molecule has 2 atom stereocenters. The molecule has 188 valence electrons. The quantitative estimate of drug-likeness (QED) is 0.243. The van der Waals surface area contributed by atoms with Crippen LogP contribution >= 0.6 is 8.07 Å². The molecule has 3 N–H and O–H groups in total. The normalized spacial score (nSPS) is 15.8. The van der Waals surface area contributed by atoms with Gasteiger partial charge in [0.05, 0.1) is 17.0 Å². The van der Waals surface area contributed by atoms with Crippen molar-refractivity contribution in [2.24, 2.45) is 0 Å². The third kappa shape index (κ3) is 4.77. The smallest absolute Gasteiger partial charge is 0.337 e. The van der Waals surface area contributed by atoms with Crippen LogP contribution in [0, 0.1) is 13.8 Å². The Morgan fingerprint density at radius 2 is 1.78 bits per heavy atom. The number of nitrogens with one attached hydrogen (secondary N) is 2. The van der Waals surface area contributed by atoms with Gasteiger partial charge in [-0.1, -0.05) is 48.5 Å². The molecule has 1 aliphatic heterocycles. The summed E-state index contributed by atoms with van der Waals surface area (Å²) in [6.07, 6.45) is 3.30. The molecule has 0 aliphatic carbocycles. The third-order valence-electron chi connectivity index (χ3n) is 6.73. The average Bonchev–Trinajstić information content (AvgIpc) is 3.32. The second-order valence-electron chi connectivity index (χ2n) is 9.52. The first-order valence-corrected chi connectivity index (χ1v) is 14.2. The number of aryl methyl sites for hydroxylation is 1. The lowest BCUT2D eigenvalue weighted by molar-refractivity contribution is 0.0698. The fraction of sp³-hybridized carbons (Fsp3) is 0.200. The number of para-hydroxylation sites is 1. The highest BCUT2D eigenvalue weighted by molar-refractivity contribution is 7.55. The zero-order valence-electron chi connectivity index (χ0n) is 21.3. The summed E-state index contributed by atoms with van der Waals surface area (Å²) in [4.78, 5) is 25.2. The average molecular weight is 513 g/mol. The molecule has 0 radical (unpaired) electrons. The highest BCUT2D eigenvalue weighted by atomic mass is 31.1. The van der Waals surface area contributed by atoms with Crippen molar-refractivity contribution in [2.75, 3.05) is 18.1 Å². The van der Waals surface area contributed by atoms with Crippen molar-refractivity contribution in [3.8, 4) is 11.3 Å². The van der Waals surface area contributed by atoms with Gasteiger partial charge in [-0.05, 0) is 64.8 Å². The summed E-state index contributed by atoms with van der Waals surface area (Å²) in [5, 5.41) is 17.0. The number of allylic oxidation sites excluding steroid dienone is 1. The Morgan fingerprint density at radius 3 is 2.46 bits per heavy atom. The molecule has 0 fully saturated rings. The molecular formula is C30H29N2O4P. The predicted octanol–water partition coefficient (Wildman–Crippen LogP) is 6.92. The van der Waals surface area contributed by atoms with Gasteiger partial charge in [-0.3, -0.25) is 4.79 Å². The standard InChI is InChI=1S/C30H29N2O4P/c1-17-15-23(19(3)31-26-8-6-5-7-22(26)30(34)35)29-24(16-17)27(33)18(2)28(36-29)21-11-9-20(10-12-21)25-13-14-37(4)32-25/h5-13,15-16,19,31-32H,14H2,1-4H3,(H,34,35). The first-order valence-electron chi connectivity index (χ1n) is 12.2. The summed E-state index contributed by atoms with van der Waals surface area (Å²) >= 11 is 0. The van der Waals surface area contributed by atoms with Gasteiger partial charge >= 0.3 is 5.97 Å². The van der Waals surface area contributed by atoms with E-state index >= 15 is 0 Å². The Balaban J connectivity index is 1.58. The second kappa shape index (κ2) is 9.87. The van der Waals surface area contributed by atoms with Crippen molar-refractivity contribution in [1.82, 2.24) is 5.09 Å². The number of anilines is 1. The number of carboxylic acids is 1. The van der Waals surface area contributed by atoms with E-state index in [1.807, 2.05) is 38.1 Å². The van der Waals surface area contributed by atoms with E-state index in [9.17, 15) is 14.7 Å². The highest BCUT2D eigenvalue weighted by Crippen LogP contribution is 2.37. The van der Waals surface area contributed by atoms with E-state index < -0.39 is 5.97 Å². The van der Waals surface area contributed by atoms with E-state index in [4.69, 9.17) is 4.42 Å². The van der Waals surface area contributed by atoms with E-state index in [0.29, 0.717) is 28.0 Å². The highest BCUT2D eigenvalue weighted by Gasteiger charge is 2.20. The molecule has 2 unspecified atom stereocenters. The predicted molar refractivity (Wildman–Crippen MR) is 152 cm³/mol. The van der Waals surface area contributed by atoms with E-state index in [1.165, 1.54) is 0 Å². The van der Waals surface area contributed by atoms with Crippen LogP contribution in [-0.2, 0) is 0 Å². The van der Waals surface area contributed by atoms with Crippen molar-refractivity contribution in [3.05, 3.63) is 105 Å². The maximum Gasteiger partial charge on any atom is 0.337 e. The Labute approximate surface area is 216 Å². The lowest BCUT2D eigenvalue weighted by Crippen LogP contribution is -2.14. The molecule has 3 aromatic carbocycles. The molecule has 1 aromatic heterocycles. The van der Waals surface area contributed by atoms with Crippen LogP contribution in [0.1, 0.15) is 45.6 Å². The largest absolute Gasteiger partial charge is 0.478 e. The third-order valence-corrected chi connectivity index (χ3v) is 8.08. The molecular weight excluding hydrogens is 483 g/mol. The molecule has 0 spiro atoms. The molecule has 0 saturated heterocycles. The fourth-order valence-corrected chi connectivity index (χ4v) is 5.96. The van der Waals surface area contributed by atoms with Gasteiger partial charge in [0.15, 0.2) is 5.43 Å². The summed E-state index contributed by atoms with van der Waals surface area (Å²) in [7, 11) is -0.187. The Hall–Kier alpha value is -3.89. The summed E-state index contributed by atoms with van der Waals surface area (Å²) < 4.78 is 6.48. The Morgan fingerprint density at radius 1 is 1.08 bits per heavy atom. The minimum Gasteiger partial charge on any atom is -0.478 e. The molecule has 6 nitrogen and oxygen atoms in total. The van der Waals surface area contributed by atoms with Crippen LogP contribution in [0.3, 0.4) is 0 Å². The van der Waals surface area contributed by atoms with Crippen LogP contribution in [-0.4, -0.2) is 23.9 Å². The molecule has 0 bridgehead atoms. The van der Waals surface area contributed by atoms with Gasteiger partial charge in [0.1, 0.15) is 11.3 Å². The van der Waals surface area contributed by atoms with Gasteiger partial charge in [-0.15, -0.1) is 0 Å². The van der Waals surface area contributed by atoms with Gasteiger partial charge < -0.3 is 19.9 Å². The van der Waals surface area contributed by atoms with Gasteiger partial charge in [0, 0.05) is 34.2 Å². The topological polar surface area (TPSA) is 91.6 Å². The molecule has 4 aromatic rings. The fourth-order valence-electron chi connectivity index (χ4n) is 4.78. The maximum atomic E-state index is 13.5. The van der Waals surface area contributed by atoms with Crippen molar-refractivity contribution in [3.63, 3.8) is 0 Å². The first kappa shape index (κ1) is 24.8. The summed E-state index contributed by atoms with van der Waals surface area (Å²) in [6, 6.07) is 18.4. The van der Waals surface area contributed by atoms with Gasteiger partial charge in [0.2, 0.25) is 0 Å². The second-order valence-corrected chi connectivity index (χ2v) is 11.5.